The maximum Gasteiger partial charge on any atom is 0.294 e. The molecule has 158 valence electrons. The molecule has 0 atom stereocenters. The van der Waals surface area contributed by atoms with Crippen molar-refractivity contribution in [1.82, 2.24) is 20.6 Å². The van der Waals surface area contributed by atoms with Gasteiger partial charge in [-0.05, 0) is 29.0 Å². The molecule has 0 saturated heterocycles. The zero-order valence-corrected chi connectivity index (χ0v) is 16.8. The van der Waals surface area contributed by atoms with Crippen molar-refractivity contribution in [2.45, 2.75) is 6.42 Å². The van der Waals surface area contributed by atoms with Crippen molar-refractivity contribution >= 4 is 33.6 Å². The molecule has 32 heavy (non-hydrogen) atoms. The zero-order chi connectivity index (χ0) is 22.1. The summed E-state index contributed by atoms with van der Waals surface area (Å²) in [6, 6.07) is 20.7. The third-order valence-electron chi connectivity index (χ3n) is 5.14. The number of aromatic hydroxyl groups is 1. The molecule has 3 N–H and O–H groups in total. The van der Waals surface area contributed by atoms with E-state index in [-0.39, 0.29) is 17.9 Å². The van der Waals surface area contributed by atoms with Crippen LogP contribution in [0.3, 0.4) is 0 Å². The van der Waals surface area contributed by atoms with E-state index in [1.807, 2.05) is 54.6 Å². The fraction of sp³-hybridized carbons (Fsp3) is 0.0417. The number of hydrogen-bond acceptors (Lipinski definition) is 5. The Hall–Kier alpha value is -4.59. The summed E-state index contributed by atoms with van der Waals surface area (Å²) in [5.74, 6) is -1.46. The van der Waals surface area contributed by atoms with E-state index in [4.69, 9.17) is 4.42 Å². The Morgan fingerprint density at radius 2 is 1.75 bits per heavy atom. The van der Waals surface area contributed by atoms with Gasteiger partial charge in [0.25, 0.3) is 5.91 Å². The molecule has 8 heteroatoms. The standard InChI is InChI=1S/C24H18N4O4/c29-19-13-28(17-7-2-1-3-8-17)27-23(19)24(31)26-25-21(30)12-16-14-32-20-11-10-15-6-4-5-9-18(15)22(16)20/h1-11,13-14,29H,12H2,(H,25,30)(H,26,31). The van der Waals surface area contributed by atoms with Gasteiger partial charge < -0.3 is 9.52 Å². The normalized spacial score (nSPS) is 11.0. The van der Waals surface area contributed by atoms with E-state index < -0.39 is 11.8 Å². The zero-order valence-electron chi connectivity index (χ0n) is 16.8. The predicted octanol–water partition coefficient (Wildman–Crippen LogP) is 3.48. The molecule has 0 fully saturated rings. The third-order valence-corrected chi connectivity index (χ3v) is 5.14. The highest BCUT2D eigenvalue weighted by molar-refractivity contribution is 6.08. The first-order chi connectivity index (χ1) is 15.6. The molecule has 2 aromatic heterocycles. The number of hydrogen-bond donors (Lipinski definition) is 3. The number of hydrazine groups is 1. The topological polar surface area (TPSA) is 109 Å². The lowest BCUT2D eigenvalue weighted by Crippen LogP contribution is -2.42. The minimum atomic E-state index is -0.729. The minimum Gasteiger partial charge on any atom is -0.504 e. The van der Waals surface area contributed by atoms with Gasteiger partial charge in [-0.25, -0.2) is 4.68 Å². The summed E-state index contributed by atoms with van der Waals surface area (Å²) in [5.41, 5.74) is 6.54. The maximum atomic E-state index is 12.5. The van der Waals surface area contributed by atoms with Crippen molar-refractivity contribution in [3.8, 4) is 11.4 Å². The van der Waals surface area contributed by atoms with Gasteiger partial charge in [0.05, 0.1) is 24.6 Å². The van der Waals surface area contributed by atoms with Crippen molar-refractivity contribution < 1.29 is 19.1 Å². The molecule has 0 saturated carbocycles. The van der Waals surface area contributed by atoms with Crippen LogP contribution >= 0.6 is 0 Å². The molecule has 0 radical (unpaired) electrons. The number of furan rings is 1. The number of para-hydroxylation sites is 1. The largest absolute Gasteiger partial charge is 0.504 e. The number of carbonyl (C=O) groups is 2. The number of fused-ring (bicyclic) bond motifs is 3. The van der Waals surface area contributed by atoms with Crippen LogP contribution in [0.5, 0.6) is 5.75 Å². The molecule has 3 aromatic carbocycles. The van der Waals surface area contributed by atoms with Gasteiger partial charge in [-0.3, -0.25) is 20.4 Å². The van der Waals surface area contributed by atoms with Crippen LogP contribution < -0.4 is 10.9 Å². The van der Waals surface area contributed by atoms with Gasteiger partial charge in [-0.2, -0.15) is 5.10 Å². The number of rotatable bonds is 4. The monoisotopic (exact) mass is 426 g/mol. The molecule has 0 bridgehead atoms. The predicted molar refractivity (Wildman–Crippen MR) is 118 cm³/mol. The highest BCUT2D eigenvalue weighted by Gasteiger charge is 2.19. The second kappa shape index (κ2) is 7.92. The molecule has 2 heterocycles. The summed E-state index contributed by atoms with van der Waals surface area (Å²) in [5, 5.41) is 17.1. The number of carbonyl (C=O) groups excluding carboxylic acids is 2. The second-order valence-corrected chi connectivity index (χ2v) is 7.24. The average Bonchev–Trinajstić information content (AvgIpc) is 3.42. The van der Waals surface area contributed by atoms with Crippen LogP contribution in [-0.4, -0.2) is 26.7 Å². The lowest BCUT2D eigenvalue weighted by atomic mass is 10.0. The first kappa shape index (κ1) is 19.4. The Labute approximate surface area is 182 Å². The van der Waals surface area contributed by atoms with Crippen LogP contribution in [-0.2, 0) is 11.2 Å². The summed E-state index contributed by atoms with van der Waals surface area (Å²) in [6.07, 6.45) is 2.88. The first-order valence-corrected chi connectivity index (χ1v) is 9.91. The third kappa shape index (κ3) is 3.54. The molecule has 0 aliphatic carbocycles. The highest BCUT2D eigenvalue weighted by Crippen LogP contribution is 2.30. The van der Waals surface area contributed by atoms with Crippen molar-refractivity contribution in [3.63, 3.8) is 0 Å². The van der Waals surface area contributed by atoms with E-state index in [9.17, 15) is 14.7 Å². The van der Waals surface area contributed by atoms with E-state index in [1.165, 1.54) is 10.9 Å². The Morgan fingerprint density at radius 1 is 0.969 bits per heavy atom. The van der Waals surface area contributed by atoms with Gasteiger partial charge in [0.2, 0.25) is 5.91 Å². The van der Waals surface area contributed by atoms with Crippen molar-refractivity contribution in [1.29, 1.82) is 0 Å². The lowest BCUT2D eigenvalue weighted by molar-refractivity contribution is -0.121. The lowest BCUT2D eigenvalue weighted by Gasteiger charge is -2.06. The molecule has 5 rings (SSSR count). The maximum absolute atomic E-state index is 12.5. The number of benzene rings is 3. The van der Waals surface area contributed by atoms with E-state index in [1.54, 1.807) is 18.4 Å². The number of nitrogens with one attached hydrogen (secondary N) is 2. The summed E-state index contributed by atoms with van der Waals surface area (Å²) in [7, 11) is 0. The van der Waals surface area contributed by atoms with Crippen LogP contribution in [0.1, 0.15) is 16.1 Å². The van der Waals surface area contributed by atoms with Crippen molar-refractivity contribution in [3.05, 3.63) is 90.4 Å². The first-order valence-electron chi connectivity index (χ1n) is 9.91. The van der Waals surface area contributed by atoms with E-state index in [0.29, 0.717) is 16.8 Å². The Morgan fingerprint density at radius 3 is 2.59 bits per heavy atom. The number of aromatic nitrogens is 2. The Kier molecular flexibility index (Phi) is 4.79. The van der Waals surface area contributed by atoms with Gasteiger partial charge in [0.15, 0.2) is 11.4 Å². The Bertz CT molecular complexity index is 1450. The molecule has 0 unspecified atom stereocenters. The van der Waals surface area contributed by atoms with E-state index in [0.717, 1.165) is 16.2 Å². The van der Waals surface area contributed by atoms with Crippen LogP contribution in [0.2, 0.25) is 0 Å². The summed E-state index contributed by atoms with van der Waals surface area (Å²) in [4.78, 5) is 24.9. The summed E-state index contributed by atoms with van der Waals surface area (Å²) >= 11 is 0. The SMILES string of the molecule is O=C(Cc1coc2ccc3ccccc3c12)NNC(=O)c1nn(-c2ccccc2)cc1O. The molecule has 0 aliphatic heterocycles. The number of amides is 2. The summed E-state index contributed by atoms with van der Waals surface area (Å²) < 4.78 is 6.98. The van der Waals surface area contributed by atoms with Crippen LogP contribution in [0.4, 0.5) is 0 Å². The fourth-order valence-electron chi connectivity index (χ4n) is 3.65. The van der Waals surface area contributed by atoms with Gasteiger partial charge in [-0.15, -0.1) is 0 Å². The molecule has 8 nitrogen and oxygen atoms in total. The second-order valence-electron chi connectivity index (χ2n) is 7.24. The summed E-state index contributed by atoms with van der Waals surface area (Å²) in [6.45, 7) is 0. The quantitative estimate of drug-likeness (QED) is 0.381. The van der Waals surface area contributed by atoms with Crippen LogP contribution in [0, 0.1) is 0 Å². The fourth-order valence-corrected chi connectivity index (χ4v) is 3.65. The molecule has 5 aromatic rings. The smallest absolute Gasteiger partial charge is 0.294 e. The van der Waals surface area contributed by atoms with Crippen molar-refractivity contribution in [2.24, 2.45) is 0 Å². The van der Waals surface area contributed by atoms with Gasteiger partial charge in [-0.1, -0.05) is 48.5 Å². The molecule has 0 aliphatic rings. The number of nitrogens with zero attached hydrogens (tertiary/aromatic N) is 2. The molecule has 2 amide bonds. The van der Waals surface area contributed by atoms with Gasteiger partial charge in [0, 0.05) is 10.9 Å². The Balaban J connectivity index is 1.29. The minimum absolute atomic E-state index is 0.00568. The molecular formula is C24H18N4O4. The average molecular weight is 426 g/mol. The van der Waals surface area contributed by atoms with Crippen molar-refractivity contribution in [2.75, 3.05) is 0 Å². The molecule has 0 spiro atoms. The molecular weight excluding hydrogens is 408 g/mol. The van der Waals surface area contributed by atoms with Gasteiger partial charge in [0.1, 0.15) is 5.58 Å². The van der Waals surface area contributed by atoms with E-state index in [2.05, 4.69) is 16.0 Å². The van der Waals surface area contributed by atoms with E-state index >= 15 is 0 Å². The highest BCUT2D eigenvalue weighted by atomic mass is 16.3. The van der Waals surface area contributed by atoms with Gasteiger partial charge >= 0.3 is 0 Å². The van der Waals surface area contributed by atoms with Crippen LogP contribution in [0.15, 0.2) is 83.6 Å². The van der Waals surface area contributed by atoms with Crippen LogP contribution in [0.25, 0.3) is 27.4 Å².